The number of aliphatic hydroxyl groups is 8. The van der Waals surface area contributed by atoms with E-state index in [2.05, 4.69) is 0 Å². The Bertz CT molecular complexity index is 666. The van der Waals surface area contributed by atoms with Crippen molar-refractivity contribution in [1.29, 1.82) is 0 Å². The zero-order valence-corrected chi connectivity index (χ0v) is 19.1. The minimum Gasteiger partial charge on any atom is -0.394 e. The van der Waals surface area contributed by atoms with Gasteiger partial charge >= 0.3 is 0 Å². The van der Waals surface area contributed by atoms with Crippen molar-refractivity contribution < 1.29 is 59.8 Å². The van der Waals surface area contributed by atoms with E-state index in [0.29, 0.717) is 19.3 Å². The fourth-order valence-corrected chi connectivity index (χ4v) is 6.03. The predicted octanol–water partition coefficient (Wildman–Crippen LogP) is -3.39. The Hall–Kier alpha value is -0.480. The summed E-state index contributed by atoms with van der Waals surface area (Å²) in [4.78, 5) is 0. The van der Waals surface area contributed by atoms with Crippen molar-refractivity contribution in [2.45, 2.75) is 112 Å². The Morgan fingerprint density at radius 3 is 2.15 bits per heavy atom. The van der Waals surface area contributed by atoms with Crippen molar-refractivity contribution in [2.75, 3.05) is 13.7 Å². The van der Waals surface area contributed by atoms with Crippen LogP contribution in [0.3, 0.4) is 0 Å². The van der Waals surface area contributed by atoms with E-state index >= 15 is 0 Å². The van der Waals surface area contributed by atoms with Crippen LogP contribution < -0.4 is 0 Å². The number of rotatable bonds is 5. The van der Waals surface area contributed by atoms with Gasteiger partial charge in [-0.25, -0.2) is 0 Å². The maximum Gasteiger partial charge on any atom is 0.187 e. The Kier molecular flexibility index (Phi) is 8.50. The zero-order chi connectivity index (χ0) is 24.7. The molecule has 4 aliphatic rings. The fraction of sp³-hybridized carbons (Fsp3) is 1.00. The van der Waals surface area contributed by atoms with Gasteiger partial charge in [0.2, 0.25) is 0 Å². The maximum atomic E-state index is 10.6. The molecule has 0 amide bonds. The lowest BCUT2D eigenvalue weighted by molar-refractivity contribution is -0.334. The van der Waals surface area contributed by atoms with Gasteiger partial charge in [-0.15, -0.1) is 0 Å². The average Bonchev–Trinajstić information content (AvgIpc) is 2.81. The first-order valence-corrected chi connectivity index (χ1v) is 12.0. The zero-order valence-electron chi connectivity index (χ0n) is 19.1. The highest BCUT2D eigenvalue weighted by Gasteiger charge is 2.52. The molecule has 2 saturated carbocycles. The van der Waals surface area contributed by atoms with Crippen molar-refractivity contribution in [3.63, 3.8) is 0 Å². The Labute approximate surface area is 197 Å². The number of aliphatic hydroxyl groups excluding tert-OH is 8. The molecule has 10 unspecified atom stereocenters. The minimum absolute atomic E-state index is 0.196. The van der Waals surface area contributed by atoms with Crippen LogP contribution in [0.2, 0.25) is 0 Å². The van der Waals surface area contributed by atoms with Crippen molar-refractivity contribution in [1.82, 2.24) is 0 Å². The summed E-state index contributed by atoms with van der Waals surface area (Å²) in [5, 5.41) is 81.6. The molecule has 2 aliphatic carbocycles. The van der Waals surface area contributed by atoms with E-state index in [1.165, 1.54) is 7.11 Å². The molecule has 0 aromatic rings. The van der Waals surface area contributed by atoms with Gasteiger partial charge in [0, 0.05) is 13.0 Å². The quantitative estimate of drug-likeness (QED) is 0.189. The number of methoxy groups -OCH3 is 1. The van der Waals surface area contributed by atoms with Crippen LogP contribution in [-0.2, 0) is 18.9 Å². The highest BCUT2D eigenvalue weighted by molar-refractivity contribution is 5.00. The molecule has 2 aliphatic heterocycles. The molecule has 34 heavy (non-hydrogen) atoms. The summed E-state index contributed by atoms with van der Waals surface area (Å²) in [5.41, 5.74) is 0. The molecule has 0 aromatic heterocycles. The molecule has 0 aromatic carbocycles. The Balaban J connectivity index is 1.57. The van der Waals surface area contributed by atoms with Crippen LogP contribution in [0.15, 0.2) is 0 Å². The summed E-state index contributed by atoms with van der Waals surface area (Å²) in [6, 6.07) is 0. The molecule has 8 N–H and O–H groups in total. The molecular formula is C22H38O12. The van der Waals surface area contributed by atoms with Crippen molar-refractivity contribution in [3.05, 3.63) is 0 Å². The second-order valence-electron chi connectivity index (χ2n) is 10.2. The first-order valence-electron chi connectivity index (χ1n) is 12.0. The lowest BCUT2D eigenvalue weighted by atomic mass is 9.72. The van der Waals surface area contributed by atoms with Crippen molar-refractivity contribution in [3.8, 4) is 0 Å². The SMILES string of the molecule is COC1CC(C2OC3CC(O)CC(O)C3CC2O[C@H]2O[C@H](CO)[C@H](O)[C@H](O)[C@H]2O)CC(O)C1O. The molecule has 4 fully saturated rings. The van der Waals surface area contributed by atoms with Gasteiger partial charge in [0.1, 0.15) is 30.5 Å². The van der Waals surface area contributed by atoms with E-state index in [0.717, 1.165) is 0 Å². The summed E-state index contributed by atoms with van der Waals surface area (Å²) < 4.78 is 23.3. The normalized spacial score (nSPS) is 54.4. The molecule has 0 bridgehead atoms. The van der Waals surface area contributed by atoms with Crippen LogP contribution in [0, 0.1) is 11.8 Å². The van der Waals surface area contributed by atoms with Gasteiger partial charge in [-0.1, -0.05) is 0 Å². The van der Waals surface area contributed by atoms with Crippen molar-refractivity contribution in [2.24, 2.45) is 11.8 Å². The largest absolute Gasteiger partial charge is 0.394 e. The van der Waals surface area contributed by atoms with Gasteiger partial charge in [0.15, 0.2) is 6.29 Å². The summed E-state index contributed by atoms with van der Waals surface area (Å²) in [6.45, 7) is -0.598. The van der Waals surface area contributed by atoms with Crippen molar-refractivity contribution >= 4 is 0 Å². The second kappa shape index (κ2) is 10.9. The smallest absolute Gasteiger partial charge is 0.187 e. The lowest BCUT2D eigenvalue weighted by Gasteiger charge is -2.51. The second-order valence-corrected chi connectivity index (χ2v) is 10.2. The molecule has 2 heterocycles. The summed E-state index contributed by atoms with van der Waals surface area (Å²) >= 11 is 0. The third-order valence-electron chi connectivity index (χ3n) is 7.97. The van der Waals surface area contributed by atoms with Gasteiger partial charge in [0.05, 0.1) is 49.3 Å². The molecule has 15 atom stereocenters. The van der Waals surface area contributed by atoms with E-state index in [1.54, 1.807) is 0 Å². The predicted molar refractivity (Wildman–Crippen MR) is 112 cm³/mol. The standard InChI is InChI=1S/C22H38O12/c1-31-14-3-8(2-12(26)17(14)27)21-15(6-10-11(25)4-9(24)5-13(10)32-21)33-22-20(30)19(29)18(28)16(7-23)34-22/h8-30H,2-7H2,1H3/t8?,9?,10?,11?,12?,13?,14?,15?,16-,17?,18+,19+,20-,21?,22+/m1/s1. The molecule has 12 heteroatoms. The number of hydrogen-bond donors (Lipinski definition) is 8. The van der Waals surface area contributed by atoms with Crippen LogP contribution >= 0.6 is 0 Å². The highest BCUT2D eigenvalue weighted by Crippen LogP contribution is 2.43. The summed E-state index contributed by atoms with van der Waals surface area (Å²) in [7, 11) is 1.44. The molecule has 12 nitrogen and oxygen atoms in total. The van der Waals surface area contributed by atoms with Gasteiger partial charge < -0.3 is 59.8 Å². The Morgan fingerprint density at radius 2 is 1.47 bits per heavy atom. The van der Waals surface area contributed by atoms with E-state index in [9.17, 15) is 40.9 Å². The van der Waals surface area contributed by atoms with Crippen LogP contribution in [0.5, 0.6) is 0 Å². The van der Waals surface area contributed by atoms with Crippen LogP contribution in [-0.4, -0.2) is 134 Å². The molecule has 198 valence electrons. The van der Waals surface area contributed by atoms with E-state index < -0.39 is 86.1 Å². The highest BCUT2D eigenvalue weighted by atomic mass is 16.7. The van der Waals surface area contributed by atoms with E-state index in [-0.39, 0.29) is 24.7 Å². The number of fused-ring (bicyclic) bond motifs is 1. The van der Waals surface area contributed by atoms with Crippen LogP contribution in [0.4, 0.5) is 0 Å². The first kappa shape index (κ1) is 26.6. The molecule has 0 spiro atoms. The Morgan fingerprint density at radius 1 is 0.735 bits per heavy atom. The monoisotopic (exact) mass is 494 g/mol. The molecular weight excluding hydrogens is 456 g/mol. The van der Waals surface area contributed by atoms with Gasteiger partial charge in [-0.2, -0.15) is 0 Å². The third kappa shape index (κ3) is 5.15. The van der Waals surface area contributed by atoms with E-state index in [4.69, 9.17) is 18.9 Å². The lowest BCUT2D eigenvalue weighted by Crippen LogP contribution is -2.62. The number of ether oxygens (including phenoxy) is 4. The molecule has 4 rings (SSSR count). The fourth-order valence-electron chi connectivity index (χ4n) is 6.03. The van der Waals surface area contributed by atoms with Gasteiger partial charge in [0.25, 0.3) is 0 Å². The maximum absolute atomic E-state index is 10.6. The topological polar surface area (TPSA) is 199 Å². The third-order valence-corrected chi connectivity index (χ3v) is 7.97. The summed E-state index contributed by atoms with van der Waals surface area (Å²) in [5.74, 6) is -0.678. The number of hydrogen-bond acceptors (Lipinski definition) is 12. The first-order chi connectivity index (χ1) is 16.1. The van der Waals surface area contributed by atoms with Gasteiger partial charge in [-0.05, 0) is 38.0 Å². The van der Waals surface area contributed by atoms with E-state index in [1.807, 2.05) is 0 Å². The molecule has 2 saturated heterocycles. The summed E-state index contributed by atoms with van der Waals surface area (Å²) in [6.07, 6.45) is -12.0. The average molecular weight is 495 g/mol. The van der Waals surface area contributed by atoms with Crippen LogP contribution in [0.1, 0.15) is 32.1 Å². The van der Waals surface area contributed by atoms with Crippen LogP contribution in [0.25, 0.3) is 0 Å². The van der Waals surface area contributed by atoms with Gasteiger partial charge in [-0.3, -0.25) is 0 Å². The molecule has 0 radical (unpaired) electrons. The minimum atomic E-state index is -1.61.